The van der Waals surface area contributed by atoms with Crippen LogP contribution in [0.4, 0.5) is 35.1 Å². The molecule has 32 heavy (non-hydrogen) atoms. The van der Waals surface area contributed by atoms with E-state index in [2.05, 4.69) is 20.8 Å². The van der Waals surface area contributed by atoms with E-state index in [0.717, 1.165) is 24.3 Å². The predicted molar refractivity (Wildman–Crippen MR) is 82.7 cm³/mol. The minimum atomic E-state index is -6.69. The number of esters is 2. The van der Waals surface area contributed by atoms with Crippen molar-refractivity contribution in [3.05, 3.63) is 42.5 Å². The fourth-order valence-corrected chi connectivity index (χ4v) is 1.82. The Labute approximate surface area is 173 Å². The molecule has 0 fully saturated rings. The molecule has 0 heterocycles. The molecule has 1 aromatic carbocycles. The number of para-hydroxylation sites is 1. The van der Waals surface area contributed by atoms with E-state index in [1.54, 1.807) is 0 Å². The summed E-state index contributed by atoms with van der Waals surface area (Å²) in [5.74, 6) is -12.0. The number of alkyl halides is 8. The van der Waals surface area contributed by atoms with Gasteiger partial charge < -0.3 is 18.8 Å². The molecule has 0 aliphatic rings. The fraction of sp³-hybridized carbons (Fsp3) is 0.333. The Hall–Kier alpha value is -2.79. The van der Waals surface area contributed by atoms with Crippen LogP contribution in [0.2, 0.25) is 0 Å². The highest BCUT2D eigenvalue weighted by molar-refractivity contribution is 7.86. The minimum absolute atomic E-state index is 0.747. The lowest BCUT2D eigenvalue weighted by molar-refractivity contribution is -0.358. The number of benzene rings is 1. The van der Waals surface area contributed by atoms with Gasteiger partial charge >= 0.3 is 35.3 Å². The maximum absolute atomic E-state index is 13.6. The van der Waals surface area contributed by atoms with Gasteiger partial charge in [-0.1, -0.05) is 24.8 Å². The molecule has 1 rings (SSSR count). The number of carbonyl (C=O) groups excluding carboxylic acids is 2. The van der Waals surface area contributed by atoms with Crippen molar-refractivity contribution < 1.29 is 71.9 Å². The molecule has 0 aliphatic carbocycles. The standard InChI is InChI=1S/C15H10F8O8S/c1-8(14(18,19)20)10(24)31-13(15(21,22)23,29-7-12(16,17)32(26,27)28)11(25)30-9-5-3-2-4-6-9/h2-6H,1,7H2,(H,26,27,28)/p-1. The van der Waals surface area contributed by atoms with E-state index in [0.29, 0.717) is 0 Å². The van der Waals surface area contributed by atoms with E-state index in [4.69, 9.17) is 0 Å². The number of halogens is 8. The molecule has 1 aromatic rings. The van der Waals surface area contributed by atoms with Crippen molar-refractivity contribution in [2.45, 2.75) is 23.4 Å². The first-order chi connectivity index (χ1) is 14.2. The number of rotatable bonds is 8. The highest BCUT2D eigenvalue weighted by atomic mass is 32.2. The van der Waals surface area contributed by atoms with Crippen LogP contribution >= 0.6 is 0 Å². The lowest BCUT2D eigenvalue weighted by Crippen LogP contribution is -2.60. The number of ether oxygens (including phenoxy) is 3. The Morgan fingerprint density at radius 3 is 1.88 bits per heavy atom. The molecule has 8 nitrogen and oxygen atoms in total. The Morgan fingerprint density at radius 2 is 1.47 bits per heavy atom. The van der Waals surface area contributed by atoms with Crippen LogP contribution in [-0.4, -0.2) is 54.9 Å². The molecule has 1 atom stereocenters. The zero-order chi connectivity index (χ0) is 25.2. The fourth-order valence-electron chi connectivity index (χ4n) is 1.61. The molecule has 0 spiro atoms. The van der Waals surface area contributed by atoms with Gasteiger partial charge in [0.1, 0.15) is 17.9 Å². The monoisotopic (exact) mass is 501 g/mol. The number of hydrogen-bond acceptors (Lipinski definition) is 8. The summed E-state index contributed by atoms with van der Waals surface area (Å²) >= 11 is 0. The zero-order valence-corrected chi connectivity index (χ0v) is 15.8. The first-order valence-electron chi connectivity index (χ1n) is 7.55. The molecule has 0 N–H and O–H groups in total. The first-order valence-corrected chi connectivity index (χ1v) is 8.96. The van der Waals surface area contributed by atoms with E-state index in [1.165, 1.54) is 6.07 Å². The summed E-state index contributed by atoms with van der Waals surface area (Å²) < 4.78 is 148. The first kappa shape index (κ1) is 27.2. The molecule has 0 aliphatic heterocycles. The van der Waals surface area contributed by atoms with Crippen LogP contribution in [0, 0.1) is 0 Å². The molecule has 180 valence electrons. The molecule has 0 saturated carbocycles. The minimum Gasteiger partial charge on any atom is -0.743 e. The van der Waals surface area contributed by atoms with E-state index in [1.807, 2.05) is 0 Å². The van der Waals surface area contributed by atoms with Crippen LogP contribution in [0.25, 0.3) is 0 Å². The second-order valence-corrected chi connectivity index (χ2v) is 7.07. The van der Waals surface area contributed by atoms with Crippen LogP contribution in [0.3, 0.4) is 0 Å². The summed E-state index contributed by atoms with van der Waals surface area (Å²) in [7, 11) is -6.69. The molecule has 1 unspecified atom stereocenters. The summed E-state index contributed by atoms with van der Waals surface area (Å²) in [5, 5.41) is -5.63. The third-order valence-electron chi connectivity index (χ3n) is 3.23. The Bertz CT molecular complexity index is 971. The van der Waals surface area contributed by atoms with Crippen molar-refractivity contribution in [2.75, 3.05) is 6.61 Å². The third-order valence-corrected chi connectivity index (χ3v) is 4.08. The van der Waals surface area contributed by atoms with Crippen molar-refractivity contribution in [3.63, 3.8) is 0 Å². The second kappa shape index (κ2) is 8.99. The van der Waals surface area contributed by atoms with E-state index < -0.39 is 63.4 Å². The van der Waals surface area contributed by atoms with Gasteiger partial charge in [0.15, 0.2) is 10.1 Å². The smallest absolute Gasteiger partial charge is 0.468 e. The van der Waals surface area contributed by atoms with Gasteiger partial charge in [-0.3, -0.25) is 0 Å². The van der Waals surface area contributed by atoms with Gasteiger partial charge in [0.05, 0.1) is 0 Å². The molecule has 0 bridgehead atoms. The predicted octanol–water partition coefficient (Wildman–Crippen LogP) is 2.67. The van der Waals surface area contributed by atoms with Crippen molar-refractivity contribution in [1.29, 1.82) is 0 Å². The summed E-state index contributed by atoms with van der Waals surface area (Å²) in [6.07, 6.45) is -12.1. The number of hydrogen-bond donors (Lipinski definition) is 0. The van der Waals surface area contributed by atoms with Crippen LogP contribution in [0.1, 0.15) is 0 Å². The van der Waals surface area contributed by atoms with Crippen LogP contribution in [0.15, 0.2) is 42.5 Å². The van der Waals surface area contributed by atoms with E-state index >= 15 is 0 Å². The lowest BCUT2D eigenvalue weighted by atomic mass is 10.2. The largest absolute Gasteiger partial charge is 0.743 e. The summed E-state index contributed by atoms with van der Waals surface area (Å²) in [4.78, 5) is 23.7. The Morgan fingerprint density at radius 1 is 0.969 bits per heavy atom. The lowest BCUT2D eigenvalue weighted by Gasteiger charge is -2.33. The van der Waals surface area contributed by atoms with Gasteiger partial charge in [-0.2, -0.15) is 35.1 Å². The van der Waals surface area contributed by atoms with Gasteiger partial charge in [-0.05, 0) is 12.1 Å². The number of carbonyl (C=O) groups is 2. The van der Waals surface area contributed by atoms with Gasteiger partial charge in [0, 0.05) is 0 Å². The van der Waals surface area contributed by atoms with Crippen molar-refractivity contribution in [2.24, 2.45) is 0 Å². The van der Waals surface area contributed by atoms with Crippen molar-refractivity contribution in [3.8, 4) is 5.75 Å². The van der Waals surface area contributed by atoms with Crippen molar-refractivity contribution in [1.82, 2.24) is 0 Å². The average molecular weight is 501 g/mol. The van der Waals surface area contributed by atoms with E-state index in [-0.39, 0.29) is 0 Å². The maximum Gasteiger partial charge on any atom is 0.468 e. The summed E-state index contributed by atoms with van der Waals surface area (Å²) in [5.41, 5.74) is -2.62. The van der Waals surface area contributed by atoms with Gasteiger partial charge in [-0.25, -0.2) is 18.0 Å². The van der Waals surface area contributed by atoms with Gasteiger partial charge in [-0.15, -0.1) is 0 Å². The Kier molecular flexibility index (Phi) is 7.65. The average Bonchev–Trinajstić information content (AvgIpc) is 2.62. The molecule has 0 aromatic heterocycles. The third kappa shape index (κ3) is 6.13. The van der Waals surface area contributed by atoms with Crippen LogP contribution in [0.5, 0.6) is 5.75 Å². The molecular formula is C15H9F8O8S-. The SMILES string of the molecule is C=C(C(=O)OC(OCC(F)(F)S(=O)(=O)[O-])(C(=O)Oc1ccccc1)C(F)(F)F)C(F)(F)F. The van der Waals surface area contributed by atoms with Crippen LogP contribution in [-0.2, 0) is 29.2 Å². The van der Waals surface area contributed by atoms with Gasteiger partial charge in [0.2, 0.25) is 0 Å². The highest BCUT2D eigenvalue weighted by Crippen LogP contribution is 2.40. The quantitative estimate of drug-likeness (QED) is 0.133. The molecular weight excluding hydrogens is 492 g/mol. The normalized spacial score (nSPS) is 14.9. The van der Waals surface area contributed by atoms with E-state index in [9.17, 15) is 57.7 Å². The second-order valence-electron chi connectivity index (χ2n) is 5.56. The molecule has 0 saturated heterocycles. The Balaban J connectivity index is 3.52. The molecule has 0 amide bonds. The van der Waals surface area contributed by atoms with Crippen LogP contribution < -0.4 is 4.74 Å². The summed E-state index contributed by atoms with van der Waals surface area (Å²) in [6.45, 7) is -0.947. The van der Waals surface area contributed by atoms with Gasteiger partial charge in [0.25, 0.3) is 0 Å². The topological polar surface area (TPSA) is 119 Å². The molecule has 17 heteroatoms. The van der Waals surface area contributed by atoms with Crippen molar-refractivity contribution >= 4 is 22.1 Å². The zero-order valence-electron chi connectivity index (χ0n) is 15.0. The highest BCUT2D eigenvalue weighted by Gasteiger charge is 2.69. The molecule has 0 radical (unpaired) electrons. The summed E-state index contributed by atoms with van der Waals surface area (Å²) in [6, 6.07) is 5.11. The maximum atomic E-state index is 13.6.